The van der Waals surface area contributed by atoms with Crippen molar-refractivity contribution in [1.82, 2.24) is 9.97 Å². The summed E-state index contributed by atoms with van der Waals surface area (Å²) in [7, 11) is 0. The third-order valence-corrected chi connectivity index (χ3v) is 7.01. The predicted octanol–water partition coefficient (Wildman–Crippen LogP) is 3.87. The summed E-state index contributed by atoms with van der Waals surface area (Å²) in [6.45, 7) is 9.09. The van der Waals surface area contributed by atoms with E-state index in [1.807, 2.05) is 0 Å². The third kappa shape index (κ3) is 3.50. The first-order chi connectivity index (χ1) is 13.7. The molecule has 0 bridgehead atoms. The van der Waals surface area contributed by atoms with Gasteiger partial charge in [0.15, 0.2) is 5.82 Å². The third-order valence-electron chi connectivity index (χ3n) is 5.16. The summed E-state index contributed by atoms with van der Waals surface area (Å²) in [5.41, 5.74) is 2.29. The quantitative estimate of drug-likeness (QED) is 0.646. The molecule has 5 rings (SSSR count). The van der Waals surface area contributed by atoms with Crippen LogP contribution < -0.4 is 9.80 Å². The SMILES string of the molecule is C[C@@H]1CN(c2nc(N3CCOCC3)c3sc(-c4ccsc4)cc3n2)C[C@H](C)O1. The molecule has 0 N–H and O–H groups in total. The Morgan fingerprint density at radius 3 is 2.57 bits per heavy atom. The Balaban J connectivity index is 1.60. The molecule has 8 heteroatoms. The van der Waals surface area contributed by atoms with Gasteiger partial charge in [0.1, 0.15) is 0 Å². The number of anilines is 2. The number of hydrogen-bond donors (Lipinski definition) is 0. The van der Waals surface area contributed by atoms with Gasteiger partial charge in [-0.1, -0.05) is 0 Å². The number of fused-ring (bicyclic) bond motifs is 1. The van der Waals surface area contributed by atoms with Gasteiger partial charge in [-0.25, -0.2) is 4.98 Å². The molecule has 2 fully saturated rings. The molecule has 2 aliphatic rings. The molecule has 0 aromatic carbocycles. The smallest absolute Gasteiger partial charge is 0.228 e. The molecule has 0 aliphatic carbocycles. The molecule has 2 aliphatic heterocycles. The lowest BCUT2D eigenvalue weighted by atomic mass is 10.2. The summed E-state index contributed by atoms with van der Waals surface area (Å²) in [6.07, 6.45) is 0.359. The lowest BCUT2D eigenvalue weighted by Crippen LogP contribution is -2.46. The lowest BCUT2D eigenvalue weighted by Gasteiger charge is -2.36. The van der Waals surface area contributed by atoms with Crippen molar-refractivity contribution >= 4 is 44.7 Å². The fourth-order valence-electron chi connectivity index (χ4n) is 3.92. The summed E-state index contributed by atoms with van der Waals surface area (Å²) in [4.78, 5) is 15.9. The maximum Gasteiger partial charge on any atom is 0.228 e. The van der Waals surface area contributed by atoms with Gasteiger partial charge in [-0.2, -0.15) is 16.3 Å². The van der Waals surface area contributed by atoms with Crippen molar-refractivity contribution in [3.8, 4) is 10.4 Å². The molecule has 148 valence electrons. The molecular formula is C20H24N4O2S2. The summed E-state index contributed by atoms with van der Waals surface area (Å²) in [5.74, 6) is 1.85. The van der Waals surface area contributed by atoms with Crippen molar-refractivity contribution in [3.63, 3.8) is 0 Å². The highest BCUT2D eigenvalue weighted by atomic mass is 32.1. The molecule has 3 aromatic heterocycles. The number of nitrogens with zero attached hydrogens (tertiary/aromatic N) is 4. The molecule has 0 unspecified atom stereocenters. The zero-order chi connectivity index (χ0) is 19.1. The van der Waals surface area contributed by atoms with E-state index in [4.69, 9.17) is 19.4 Å². The van der Waals surface area contributed by atoms with Crippen LogP contribution in [-0.2, 0) is 9.47 Å². The van der Waals surface area contributed by atoms with E-state index in [0.717, 1.165) is 56.7 Å². The average molecular weight is 417 g/mol. The average Bonchev–Trinajstić information content (AvgIpc) is 3.36. The van der Waals surface area contributed by atoms with E-state index in [2.05, 4.69) is 46.5 Å². The Morgan fingerprint density at radius 2 is 1.86 bits per heavy atom. The summed E-state index contributed by atoms with van der Waals surface area (Å²) in [6, 6.07) is 4.38. The van der Waals surface area contributed by atoms with Gasteiger partial charge in [-0.15, -0.1) is 11.3 Å². The van der Waals surface area contributed by atoms with Crippen LogP contribution in [-0.4, -0.2) is 61.6 Å². The van der Waals surface area contributed by atoms with E-state index in [1.165, 1.54) is 15.1 Å². The Kier molecular flexibility index (Phi) is 4.96. The maximum absolute atomic E-state index is 5.90. The Labute approximate surface area is 172 Å². The summed E-state index contributed by atoms with van der Waals surface area (Å²) in [5, 5.41) is 4.31. The van der Waals surface area contributed by atoms with Crippen LogP contribution in [0.25, 0.3) is 20.7 Å². The summed E-state index contributed by atoms with van der Waals surface area (Å²) >= 11 is 3.51. The first-order valence-corrected chi connectivity index (χ1v) is 11.5. The molecule has 28 heavy (non-hydrogen) atoms. The van der Waals surface area contributed by atoms with Gasteiger partial charge in [-0.3, -0.25) is 0 Å². The molecule has 3 aromatic rings. The van der Waals surface area contributed by atoms with Gasteiger partial charge >= 0.3 is 0 Å². The van der Waals surface area contributed by atoms with E-state index in [-0.39, 0.29) is 12.2 Å². The largest absolute Gasteiger partial charge is 0.378 e. The minimum atomic E-state index is 0.179. The Morgan fingerprint density at radius 1 is 1.07 bits per heavy atom. The monoisotopic (exact) mass is 416 g/mol. The molecule has 2 saturated heterocycles. The number of thiophene rings is 2. The number of ether oxygens (including phenoxy) is 2. The van der Waals surface area contributed by atoms with Crippen molar-refractivity contribution in [2.75, 3.05) is 49.2 Å². The van der Waals surface area contributed by atoms with Gasteiger partial charge < -0.3 is 19.3 Å². The minimum absolute atomic E-state index is 0.179. The number of rotatable bonds is 3. The van der Waals surface area contributed by atoms with Crippen LogP contribution in [0.5, 0.6) is 0 Å². The van der Waals surface area contributed by atoms with E-state index in [9.17, 15) is 0 Å². The molecular weight excluding hydrogens is 392 g/mol. The normalized spacial score (nSPS) is 23.5. The van der Waals surface area contributed by atoms with Crippen molar-refractivity contribution in [1.29, 1.82) is 0 Å². The van der Waals surface area contributed by atoms with Gasteiger partial charge in [0, 0.05) is 36.6 Å². The molecule has 5 heterocycles. The van der Waals surface area contributed by atoms with Crippen LogP contribution in [0, 0.1) is 0 Å². The van der Waals surface area contributed by atoms with E-state index in [0.29, 0.717) is 0 Å². The van der Waals surface area contributed by atoms with Crippen molar-refractivity contribution in [3.05, 3.63) is 22.9 Å². The fraction of sp³-hybridized carbons (Fsp3) is 0.500. The van der Waals surface area contributed by atoms with Crippen LogP contribution in [0.2, 0.25) is 0 Å². The van der Waals surface area contributed by atoms with Crippen molar-refractivity contribution < 1.29 is 9.47 Å². The molecule has 6 nitrogen and oxygen atoms in total. The van der Waals surface area contributed by atoms with Crippen molar-refractivity contribution in [2.24, 2.45) is 0 Å². The van der Waals surface area contributed by atoms with Gasteiger partial charge in [0.2, 0.25) is 5.95 Å². The zero-order valence-electron chi connectivity index (χ0n) is 16.1. The fourth-order valence-corrected chi connectivity index (χ4v) is 5.76. The van der Waals surface area contributed by atoms with Crippen LogP contribution in [0.15, 0.2) is 22.9 Å². The Hall–Kier alpha value is -1.74. The molecule has 0 radical (unpaired) electrons. The van der Waals surface area contributed by atoms with Gasteiger partial charge in [0.25, 0.3) is 0 Å². The number of aromatic nitrogens is 2. The first kappa shape index (κ1) is 18.3. The predicted molar refractivity (Wildman–Crippen MR) is 116 cm³/mol. The van der Waals surface area contributed by atoms with Gasteiger partial charge in [0.05, 0.1) is 35.6 Å². The molecule has 0 amide bonds. The van der Waals surface area contributed by atoms with E-state index >= 15 is 0 Å². The van der Waals surface area contributed by atoms with Crippen LogP contribution in [0.3, 0.4) is 0 Å². The van der Waals surface area contributed by atoms with Crippen LogP contribution >= 0.6 is 22.7 Å². The molecule has 2 atom stereocenters. The molecule has 0 spiro atoms. The highest BCUT2D eigenvalue weighted by molar-refractivity contribution is 7.23. The second kappa shape index (κ2) is 7.59. The van der Waals surface area contributed by atoms with E-state index in [1.54, 1.807) is 22.7 Å². The lowest BCUT2D eigenvalue weighted by molar-refractivity contribution is -0.00569. The van der Waals surface area contributed by atoms with Gasteiger partial charge in [-0.05, 0) is 36.7 Å². The second-order valence-electron chi connectivity index (χ2n) is 7.45. The standard InChI is InChI=1S/C20H24N4O2S2/c1-13-10-24(11-14(2)26-13)20-21-16-9-17(15-3-8-27-12-15)28-18(16)19(22-20)23-4-6-25-7-5-23/h3,8-9,12-14H,4-7,10-11H2,1-2H3/t13-,14+. The minimum Gasteiger partial charge on any atom is -0.378 e. The Bertz CT molecular complexity index is 943. The van der Waals surface area contributed by atoms with Crippen LogP contribution in [0.4, 0.5) is 11.8 Å². The molecule has 0 saturated carbocycles. The number of hydrogen-bond acceptors (Lipinski definition) is 8. The highest BCUT2D eigenvalue weighted by Gasteiger charge is 2.27. The van der Waals surface area contributed by atoms with Crippen LogP contribution in [0.1, 0.15) is 13.8 Å². The topological polar surface area (TPSA) is 50.7 Å². The highest BCUT2D eigenvalue weighted by Crippen LogP contribution is 2.39. The van der Waals surface area contributed by atoms with Crippen molar-refractivity contribution in [2.45, 2.75) is 26.1 Å². The maximum atomic E-state index is 5.90. The first-order valence-electron chi connectivity index (χ1n) is 9.74. The number of morpholine rings is 2. The zero-order valence-corrected chi connectivity index (χ0v) is 17.8. The second-order valence-corrected chi connectivity index (χ2v) is 9.28. The summed E-state index contributed by atoms with van der Waals surface area (Å²) < 4.78 is 12.6. The van der Waals surface area contributed by atoms with E-state index < -0.39 is 0 Å².